The molecule has 0 aromatic carbocycles. The fourth-order valence-corrected chi connectivity index (χ4v) is 2.87. The second-order valence-electron chi connectivity index (χ2n) is 5.41. The van der Waals surface area contributed by atoms with Gasteiger partial charge in [-0.05, 0) is 24.8 Å². The van der Waals surface area contributed by atoms with Gasteiger partial charge in [0.05, 0.1) is 11.8 Å². The lowest BCUT2D eigenvalue weighted by Crippen LogP contribution is -2.38. The van der Waals surface area contributed by atoms with Crippen LogP contribution in [-0.2, 0) is 0 Å². The summed E-state index contributed by atoms with van der Waals surface area (Å²) >= 11 is 0. The maximum Gasteiger partial charge on any atom is 0.255 e. The minimum absolute atomic E-state index is 0.189. The SMILES string of the molecule is CCC1CCCC(NC(=O)c2cc(F)cnc2NC)C1. The summed E-state index contributed by atoms with van der Waals surface area (Å²) in [5, 5.41) is 5.84. The summed E-state index contributed by atoms with van der Waals surface area (Å²) in [4.78, 5) is 16.2. The third-order valence-electron chi connectivity index (χ3n) is 4.03. The number of hydrogen-bond acceptors (Lipinski definition) is 3. The van der Waals surface area contributed by atoms with Crippen LogP contribution in [0.4, 0.5) is 10.2 Å². The van der Waals surface area contributed by atoms with Crippen molar-refractivity contribution in [2.45, 2.75) is 45.1 Å². The first-order valence-corrected chi connectivity index (χ1v) is 7.28. The van der Waals surface area contributed by atoms with Gasteiger partial charge in [0, 0.05) is 13.1 Å². The molecule has 1 aromatic heterocycles. The Kier molecular flexibility index (Phi) is 4.93. The van der Waals surface area contributed by atoms with Crippen LogP contribution in [-0.4, -0.2) is 24.0 Å². The molecular weight excluding hydrogens is 257 g/mol. The molecule has 1 fully saturated rings. The van der Waals surface area contributed by atoms with E-state index in [-0.39, 0.29) is 17.5 Å². The molecule has 110 valence electrons. The fraction of sp³-hybridized carbons (Fsp3) is 0.600. The molecule has 1 saturated carbocycles. The maximum atomic E-state index is 13.3. The van der Waals surface area contributed by atoms with Gasteiger partial charge in [0.2, 0.25) is 0 Å². The number of carbonyl (C=O) groups is 1. The maximum absolute atomic E-state index is 13.3. The predicted molar refractivity (Wildman–Crippen MR) is 77.2 cm³/mol. The highest BCUT2D eigenvalue weighted by molar-refractivity contribution is 5.98. The zero-order chi connectivity index (χ0) is 14.5. The van der Waals surface area contributed by atoms with Gasteiger partial charge >= 0.3 is 0 Å². The van der Waals surface area contributed by atoms with E-state index in [1.54, 1.807) is 7.05 Å². The highest BCUT2D eigenvalue weighted by atomic mass is 19.1. The molecular formula is C15H22FN3O. The monoisotopic (exact) mass is 279 g/mol. The summed E-state index contributed by atoms with van der Waals surface area (Å²) in [6, 6.07) is 1.42. The number of nitrogens with one attached hydrogen (secondary N) is 2. The molecule has 20 heavy (non-hydrogen) atoms. The summed E-state index contributed by atoms with van der Waals surface area (Å²) in [6.45, 7) is 2.18. The van der Waals surface area contributed by atoms with Crippen molar-refractivity contribution in [1.29, 1.82) is 0 Å². The molecule has 0 saturated heterocycles. The van der Waals surface area contributed by atoms with Crippen LogP contribution in [0.5, 0.6) is 0 Å². The molecule has 0 radical (unpaired) electrons. The smallest absolute Gasteiger partial charge is 0.255 e. The lowest BCUT2D eigenvalue weighted by molar-refractivity contribution is 0.0919. The van der Waals surface area contributed by atoms with Crippen molar-refractivity contribution >= 4 is 11.7 Å². The van der Waals surface area contributed by atoms with E-state index in [4.69, 9.17) is 0 Å². The van der Waals surface area contributed by atoms with E-state index in [1.807, 2.05) is 0 Å². The molecule has 2 unspecified atom stereocenters. The molecule has 2 rings (SSSR count). The van der Waals surface area contributed by atoms with Crippen LogP contribution >= 0.6 is 0 Å². The van der Waals surface area contributed by atoms with Crippen LogP contribution in [0.3, 0.4) is 0 Å². The van der Waals surface area contributed by atoms with Gasteiger partial charge in [0.25, 0.3) is 5.91 Å². The molecule has 0 aliphatic heterocycles. The van der Waals surface area contributed by atoms with E-state index in [2.05, 4.69) is 22.5 Å². The Labute approximate surface area is 119 Å². The molecule has 2 N–H and O–H groups in total. The minimum atomic E-state index is -0.496. The zero-order valence-electron chi connectivity index (χ0n) is 12.1. The molecule has 0 spiro atoms. The number of carbonyl (C=O) groups excluding carboxylic acids is 1. The molecule has 1 aliphatic carbocycles. The topological polar surface area (TPSA) is 54.0 Å². The first kappa shape index (κ1) is 14.8. The van der Waals surface area contributed by atoms with Gasteiger partial charge in [-0.1, -0.05) is 26.2 Å². The molecule has 0 bridgehead atoms. The molecule has 1 aromatic rings. The van der Waals surface area contributed by atoms with E-state index < -0.39 is 5.82 Å². The Hall–Kier alpha value is -1.65. The average Bonchev–Trinajstić information content (AvgIpc) is 2.47. The van der Waals surface area contributed by atoms with Gasteiger partial charge in [0.1, 0.15) is 11.6 Å². The predicted octanol–water partition coefficient (Wildman–Crippen LogP) is 2.96. The minimum Gasteiger partial charge on any atom is -0.372 e. The number of hydrogen-bond donors (Lipinski definition) is 2. The van der Waals surface area contributed by atoms with Crippen molar-refractivity contribution in [3.8, 4) is 0 Å². The van der Waals surface area contributed by atoms with Crippen LogP contribution in [0.25, 0.3) is 0 Å². The van der Waals surface area contributed by atoms with E-state index in [0.717, 1.165) is 31.9 Å². The molecule has 1 aliphatic rings. The second kappa shape index (κ2) is 6.68. The first-order chi connectivity index (χ1) is 9.63. The summed E-state index contributed by atoms with van der Waals surface area (Å²) in [5.41, 5.74) is 0.270. The van der Waals surface area contributed by atoms with E-state index >= 15 is 0 Å². The Morgan fingerprint density at radius 1 is 1.50 bits per heavy atom. The van der Waals surface area contributed by atoms with E-state index in [9.17, 15) is 9.18 Å². The van der Waals surface area contributed by atoms with E-state index in [0.29, 0.717) is 11.7 Å². The van der Waals surface area contributed by atoms with Gasteiger partial charge in [-0.15, -0.1) is 0 Å². The normalized spacial score (nSPS) is 22.4. The first-order valence-electron chi connectivity index (χ1n) is 7.28. The molecule has 1 heterocycles. The van der Waals surface area contributed by atoms with Crippen LogP contribution in [0.2, 0.25) is 0 Å². The van der Waals surface area contributed by atoms with Crippen molar-refractivity contribution in [2.75, 3.05) is 12.4 Å². The lowest BCUT2D eigenvalue weighted by Gasteiger charge is -2.29. The number of rotatable bonds is 4. The van der Waals surface area contributed by atoms with Gasteiger partial charge in [0.15, 0.2) is 0 Å². The summed E-state index contributed by atoms with van der Waals surface area (Å²) in [5.74, 6) is 0.350. The number of halogens is 1. The fourth-order valence-electron chi connectivity index (χ4n) is 2.87. The van der Waals surface area contributed by atoms with Crippen LogP contribution in [0.15, 0.2) is 12.3 Å². The average molecular weight is 279 g/mol. The highest BCUT2D eigenvalue weighted by Gasteiger charge is 2.23. The van der Waals surface area contributed by atoms with Gasteiger partial charge in [-0.25, -0.2) is 9.37 Å². The van der Waals surface area contributed by atoms with Crippen LogP contribution < -0.4 is 10.6 Å². The Balaban J connectivity index is 2.06. The van der Waals surface area contributed by atoms with Gasteiger partial charge in [-0.3, -0.25) is 4.79 Å². The van der Waals surface area contributed by atoms with Crippen molar-refractivity contribution in [3.63, 3.8) is 0 Å². The number of anilines is 1. The van der Waals surface area contributed by atoms with Crippen molar-refractivity contribution in [3.05, 3.63) is 23.6 Å². The van der Waals surface area contributed by atoms with Gasteiger partial charge in [-0.2, -0.15) is 0 Å². The lowest BCUT2D eigenvalue weighted by atomic mass is 9.84. The summed E-state index contributed by atoms with van der Waals surface area (Å²) in [6.07, 6.45) is 6.65. The summed E-state index contributed by atoms with van der Waals surface area (Å²) in [7, 11) is 1.67. The van der Waals surface area contributed by atoms with Crippen molar-refractivity contribution < 1.29 is 9.18 Å². The Morgan fingerprint density at radius 3 is 3.00 bits per heavy atom. The Bertz CT molecular complexity index is 478. The standard InChI is InChI=1S/C15H22FN3O/c1-3-10-5-4-6-12(7-10)19-15(20)13-8-11(16)9-18-14(13)17-2/h8-10,12H,3-7H2,1-2H3,(H,17,18)(H,19,20). The highest BCUT2D eigenvalue weighted by Crippen LogP contribution is 2.27. The van der Waals surface area contributed by atoms with Crippen LogP contribution in [0.1, 0.15) is 49.4 Å². The third kappa shape index (κ3) is 3.46. The van der Waals surface area contributed by atoms with Gasteiger partial charge < -0.3 is 10.6 Å². The number of amides is 1. The van der Waals surface area contributed by atoms with Crippen LogP contribution in [0, 0.1) is 11.7 Å². The Morgan fingerprint density at radius 2 is 2.30 bits per heavy atom. The van der Waals surface area contributed by atoms with Crippen molar-refractivity contribution in [2.24, 2.45) is 5.92 Å². The second-order valence-corrected chi connectivity index (χ2v) is 5.41. The summed E-state index contributed by atoms with van der Waals surface area (Å²) < 4.78 is 13.3. The number of pyridine rings is 1. The number of aromatic nitrogens is 1. The quantitative estimate of drug-likeness (QED) is 0.891. The zero-order valence-corrected chi connectivity index (χ0v) is 12.1. The number of nitrogens with zero attached hydrogens (tertiary/aromatic N) is 1. The molecule has 5 heteroatoms. The molecule has 4 nitrogen and oxygen atoms in total. The largest absolute Gasteiger partial charge is 0.372 e. The third-order valence-corrected chi connectivity index (χ3v) is 4.03. The van der Waals surface area contributed by atoms with Crippen molar-refractivity contribution in [1.82, 2.24) is 10.3 Å². The molecule has 1 amide bonds. The molecule has 2 atom stereocenters. The van der Waals surface area contributed by atoms with E-state index in [1.165, 1.54) is 12.5 Å².